The number of fused-ring (bicyclic) bond motifs is 2. The van der Waals surface area contributed by atoms with Gasteiger partial charge < -0.3 is 18.8 Å². The molecule has 29 heavy (non-hydrogen) atoms. The molecule has 0 fully saturated rings. The van der Waals surface area contributed by atoms with E-state index in [0.29, 0.717) is 17.9 Å². The minimum atomic E-state index is -0.924. The summed E-state index contributed by atoms with van der Waals surface area (Å²) in [6.45, 7) is 1.75. The summed E-state index contributed by atoms with van der Waals surface area (Å²) in [5.74, 6) is -0.569. The summed E-state index contributed by atoms with van der Waals surface area (Å²) >= 11 is 0. The van der Waals surface area contributed by atoms with Gasteiger partial charge in [0.25, 0.3) is 5.91 Å². The quantitative estimate of drug-likeness (QED) is 0.489. The first-order valence-corrected chi connectivity index (χ1v) is 9.27. The van der Waals surface area contributed by atoms with Crippen molar-refractivity contribution in [3.63, 3.8) is 0 Å². The van der Waals surface area contributed by atoms with Crippen molar-refractivity contribution >= 4 is 28.5 Å². The maximum Gasteiger partial charge on any atom is 0.344 e. The van der Waals surface area contributed by atoms with E-state index in [2.05, 4.69) is 0 Å². The molecular weight excluding hydrogens is 374 g/mol. The predicted molar refractivity (Wildman–Crippen MR) is 106 cm³/mol. The molecule has 1 amide bonds. The van der Waals surface area contributed by atoms with Gasteiger partial charge in [0.05, 0.1) is 0 Å². The summed E-state index contributed by atoms with van der Waals surface area (Å²) in [5.41, 5.74) is 1.85. The van der Waals surface area contributed by atoms with Gasteiger partial charge in [0.15, 0.2) is 12.7 Å². The fourth-order valence-electron chi connectivity index (χ4n) is 3.34. The number of benzene rings is 2. The lowest BCUT2D eigenvalue weighted by Gasteiger charge is -2.21. The molecule has 148 valence electrons. The van der Waals surface area contributed by atoms with E-state index >= 15 is 0 Å². The zero-order valence-electron chi connectivity index (χ0n) is 15.8. The molecule has 0 saturated carbocycles. The number of hydrogen-bond acceptors (Lipinski definition) is 6. The average Bonchev–Trinajstić information content (AvgIpc) is 3.15. The van der Waals surface area contributed by atoms with E-state index in [4.69, 9.17) is 13.9 Å². The zero-order valence-corrected chi connectivity index (χ0v) is 15.8. The summed E-state index contributed by atoms with van der Waals surface area (Å²) in [6.07, 6.45) is -0.143. The maximum atomic E-state index is 12.7. The van der Waals surface area contributed by atoms with E-state index in [1.54, 1.807) is 30.0 Å². The maximum absolute atomic E-state index is 12.7. The van der Waals surface area contributed by atoms with Crippen LogP contribution in [0.4, 0.5) is 5.69 Å². The second-order valence-electron chi connectivity index (χ2n) is 6.74. The second-order valence-corrected chi connectivity index (χ2v) is 6.74. The highest BCUT2D eigenvalue weighted by Crippen LogP contribution is 2.28. The topological polar surface area (TPSA) is 86.0 Å². The number of ether oxygens (including phenoxy) is 2. The van der Waals surface area contributed by atoms with Crippen molar-refractivity contribution < 1.29 is 23.5 Å². The Kier molecular flexibility index (Phi) is 5.03. The number of carbonyl (C=O) groups is 2. The van der Waals surface area contributed by atoms with E-state index in [1.807, 2.05) is 24.3 Å². The number of amides is 1. The van der Waals surface area contributed by atoms with Crippen LogP contribution >= 0.6 is 0 Å². The molecule has 0 N–H and O–H groups in total. The van der Waals surface area contributed by atoms with Gasteiger partial charge >= 0.3 is 11.6 Å². The van der Waals surface area contributed by atoms with Crippen LogP contribution < -0.4 is 15.3 Å². The third-order valence-corrected chi connectivity index (χ3v) is 4.76. The van der Waals surface area contributed by atoms with Crippen molar-refractivity contribution in [3.05, 3.63) is 70.6 Å². The van der Waals surface area contributed by atoms with Crippen molar-refractivity contribution in [1.82, 2.24) is 0 Å². The molecule has 2 heterocycles. The average molecular weight is 393 g/mol. The van der Waals surface area contributed by atoms with E-state index in [-0.39, 0.29) is 12.5 Å². The van der Waals surface area contributed by atoms with Crippen LogP contribution in [0.5, 0.6) is 5.75 Å². The van der Waals surface area contributed by atoms with Crippen molar-refractivity contribution in [2.75, 3.05) is 18.1 Å². The summed E-state index contributed by atoms with van der Waals surface area (Å²) in [7, 11) is 0. The number of esters is 1. The highest BCUT2D eigenvalue weighted by atomic mass is 16.6. The Morgan fingerprint density at radius 3 is 2.79 bits per heavy atom. The standard InChI is InChI=1S/C22H19NO6/c1-14(22(26)23-11-10-15-4-2-3-5-18(15)23)28-21(25)13-27-17-8-6-16-7-9-20(24)29-19(16)12-17/h2-9,12,14H,10-11,13H2,1H3. The summed E-state index contributed by atoms with van der Waals surface area (Å²) in [6, 6.07) is 15.6. The lowest BCUT2D eigenvalue weighted by atomic mass is 10.2. The molecule has 0 radical (unpaired) electrons. The van der Waals surface area contributed by atoms with Crippen LogP contribution in [0.1, 0.15) is 12.5 Å². The molecule has 1 aliphatic heterocycles. The van der Waals surface area contributed by atoms with Crippen LogP contribution in [-0.2, 0) is 20.7 Å². The molecule has 0 saturated heterocycles. The minimum Gasteiger partial charge on any atom is -0.482 e. The van der Waals surface area contributed by atoms with E-state index < -0.39 is 17.7 Å². The van der Waals surface area contributed by atoms with Gasteiger partial charge in [0, 0.05) is 29.8 Å². The number of hydrogen-bond donors (Lipinski definition) is 0. The molecule has 3 aromatic rings. The Labute approximate surface area is 166 Å². The molecule has 1 atom stereocenters. The molecule has 2 aromatic carbocycles. The van der Waals surface area contributed by atoms with Crippen molar-refractivity contribution in [1.29, 1.82) is 0 Å². The summed E-state index contributed by atoms with van der Waals surface area (Å²) in [5, 5.41) is 0.740. The van der Waals surface area contributed by atoms with Gasteiger partial charge in [-0.2, -0.15) is 0 Å². The van der Waals surface area contributed by atoms with Gasteiger partial charge in [-0.15, -0.1) is 0 Å². The van der Waals surface area contributed by atoms with Crippen LogP contribution in [-0.4, -0.2) is 31.1 Å². The van der Waals surface area contributed by atoms with Crippen LogP contribution in [0.3, 0.4) is 0 Å². The van der Waals surface area contributed by atoms with Crippen LogP contribution in [0.2, 0.25) is 0 Å². The van der Waals surface area contributed by atoms with Gasteiger partial charge in [-0.3, -0.25) is 4.79 Å². The monoisotopic (exact) mass is 393 g/mol. The first kappa shape index (κ1) is 18.7. The highest BCUT2D eigenvalue weighted by Gasteiger charge is 2.29. The fraction of sp³-hybridized carbons (Fsp3) is 0.227. The highest BCUT2D eigenvalue weighted by molar-refractivity contribution is 5.99. The van der Waals surface area contributed by atoms with Gasteiger partial charge in [0.1, 0.15) is 11.3 Å². The van der Waals surface area contributed by atoms with Gasteiger partial charge in [-0.1, -0.05) is 18.2 Å². The second kappa shape index (κ2) is 7.79. The Morgan fingerprint density at radius 2 is 1.93 bits per heavy atom. The number of para-hydroxylation sites is 1. The molecule has 0 spiro atoms. The van der Waals surface area contributed by atoms with Gasteiger partial charge in [-0.05, 0) is 43.2 Å². The molecule has 0 bridgehead atoms. The van der Waals surface area contributed by atoms with Crippen molar-refractivity contribution in [2.24, 2.45) is 0 Å². The first-order valence-electron chi connectivity index (χ1n) is 9.27. The Balaban J connectivity index is 1.35. The molecule has 4 rings (SSSR count). The van der Waals surface area contributed by atoms with Crippen LogP contribution in [0.15, 0.2) is 63.8 Å². The molecule has 1 aromatic heterocycles. The summed E-state index contributed by atoms with van der Waals surface area (Å²) in [4.78, 5) is 37.7. The van der Waals surface area contributed by atoms with Crippen molar-refractivity contribution in [2.45, 2.75) is 19.4 Å². The minimum absolute atomic E-state index is 0.268. The normalized spacial score (nSPS) is 13.8. The Bertz CT molecular complexity index is 1140. The van der Waals surface area contributed by atoms with Gasteiger partial charge in [0.2, 0.25) is 0 Å². The molecule has 7 nitrogen and oxygen atoms in total. The number of anilines is 1. The Morgan fingerprint density at radius 1 is 1.14 bits per heavy atom. The van der Waals surface area contributed by atoms with Crippen molar-refractivity contribution in [3.8, 4) is 5.75 Å². The fourth-order valence-corrected chi connectivity index (χ4v) is 3.34. The van der Waals surface area contributed by atoms with Crippen LogP contribution in [0.25, 0.3) is 11.0 Å². The van der Waals surface area contributed by atoms with Crippen LogP contribution in [0, 0.1) is 0 Å². The lowest BCUT2D eigenvalue weighted by Crippen LogP contribution is -2.39. The van der Waals surface area contributed by atoms with E-state index in [9.17, 15) is 14.4 Å². The van der Waals surface area contributed by atoms with E-state index in [0.717, 1.165) is 23.1 Å². The number of carbonyl (C=O) groups excluding carboxylic acids is 2. The molecule has 1 aliphatic rings. The lowest BCUT2D eigenvalue weighted by molar-refractivity contribution is -0.155. The third-order valence-electron chi connectivity index (χ3n) is 4.76. The molecule has 0 aliphatic carbocycles. The van der Waals surface area contributed by atoms with Gasteiger partial charge in [-0.25, -0.2) is 9.59 Å². The summed E-state index contributed by atoms with van der Waals surface area (Å²) < 4.78 is 15.7. The largest absolute Gasteiger partial charge is 0.482 e. The number of nitrogens with zero attached hydrogens (tertiary/aromatic N) is 1. The molecule has 7 heteroatoms. The molecule has 1 unspecified atom stereocenters. The SMILES string of the molecule is CC(OC(=O)COc1ccc2ccc(=O)oc2c1)C(=O)N1CCc2ccccc21. The zero-order chi connectivity index (χ0) is 20.4. The predicted octanol–water partition coefficient (Wildman–Crippen LogP) is 2.69. The first-order chi connectivity index (χ1) is 14.0. The number of rotatable bonds is 5. The third kappa shape index (κ3) is 3.99. The van der Waals surface area contributed by atoms with E-state index in [1.165, 1.54) is 12.1 Å². The Hall–Kier alpha value is -3.61. The smallest absolute Gasteiger partial charge is 0.344 e. The molecular formula is C22H19NO6.